The van der Waals surface area contributed by atoms with E-state index in [-0.39, 0.29) is 29.8 Å². The summed E-state index contributed by atoms with van der Waals surface area (Å²) in [5.74, 6) is 6.11. The zero-order valence-electron chi connectivity index (χ0n) is 32.5. The summed E-state index contributed by atoms with van der Waals surface area (Å²) >= 11 is 0. The minimum absolute atomic E-state index is 0.161. The van der Waals surface area contributed by atoms with Gasteiger partial charge in [-0.15, -0.1) is 0 Å². The number of hydrogen-bond acceptors (Lipinski definition) is 8. The molecule has 4 aliphatic heterocycles. The quantitative estimate of drug-likeness (QED) is 0.0830. The van der Waals surface area contributed by atoms with Crippen molar-refractivity contribution in [3.05, 3.63) is 131 Å². The standard InChI is InChI=1S/C49H52O8/c1-9-36(50-23-40-27-54-40)10-2-31(1)44-17-18-45(32-3-11-37(12-4-32)51-24-41-28-55-41)48-46-19-20-49(22-33(46)21-47(44)48,34-5-13-38(14-6-34)52-25-42-29-56-42)35-7-15-39(16-8-35)53-26-43-30-57-43/h1-16,21,40-48H,17-20,22-30H2. The van der Waals surface area contributed by atoms with E-state index in [1.807, 2.05) is 0 Å². The molecule has 296 valence electrons. The van der Waals surface area contributed by atoms with Gasteiger partial charge in [-0.2, -0.15) is 0 Å². The molecule has 9 atom stereocenters. The first-order valence-electron chi connectivity index (χ1n) is 21.2. The van der Waals surface area contributed by atoms with Gasteiger partial charge in [0.15, 0.2) is 0 Å². The Hall–Kier alpha value is -4.34. The second-order valence-corrected chi connectivity index (χ2v) is 17.3. The Balaban J connectivity index is 0.909. The fourth-order valence-electron chi connectivity index (χ4n) is 10.3. The molecular weight excluding hydrogens is 717 g/mol. The van der Waals surface area contributed by atoms with Gasteiger partial charge in [0.1, 0.15) is 73.8 Å². The molecule has 8 heteroatoms. The molecule has 6 fully saturated rings. The Kier molecular flexibility index (Phi) is 9.49. The highest BCUT2D eigenvalue weighted by molar-refractivity contribution is 5.48. The smallest absolute Gasteiger partial charge is 0.119 e. The van der Waals surface area contributed by atoms with Crippen molar-refractivity contribution in [2.45, 2.75) is 73.8 Å². The lowest BCUT2D eigenvalue weighted by atomic mass is 9.57. The first kappa shape index (κ1) is 35.8. The number of ether oxygens (including phenoxy) is 8. The second kappa shape index (κ2) is 15.1. The van der Waals surface area contributed by atoms with Gasteiger partial charge in [-0.1, -0.05) is 60.2 Å². The molecule has 0 aromatic heterocycles. The Morgan fingerprint density at radius 3 is 1.26 bits per heavy atom. The number of epoxide rings is 4. The molecule has 57 heavy (non-hydrogen) atoms. The predicted molar refractivity (Wildman–Crippen MR) is 215 cm³/mol. The maximum absolute atomic E-state index is 6.10. The molecule has 4 aromatic carbocycles. The molecule has 0 spiro atoms. The summed E-state index contributed by atoms with van der Waals surface area (Å²) in [6.07, 6.45) is 9.24. The van der Waals surface area contributed by atoms with Crippen molar-refractivity contribution in [2.24, 2.45) is 17.8 Å². The van der Waals surface area contributed by atoms with E-state index < -0.39 is 0 Å². The molecule has 4 aromatic rings. The summed E-state index contributed by atoms with van der Waals surface area (Å²) in [6.45, 7) is 5.65. The average molecular weight is 769 g/mol. The number of rotatable bonds is 16. The molecule has 8 nitrogen and oxygen atoms in total. The van der Waals surface area contributed by atoms with Crippen LogP contribution in [-0.4, -0.2) is 77.3 Å². The fraction of sp³-hybridized carbons (Fsp3) is 0.469. The molecular formula is C49H52O8. The molecule has 0 bridgehead atoms. The van der Waals surface area contributed by atoms with E-state index >= 15 is 0 Å². The summed E-state index contributed by atoms with van der Waals surface area (Å²) in [7, 11) is 0. The van der Waals surface area contributed by atoms with Crippen LogP contribution in [0, 0.1) is 17.8 Å². The first-order chi connectivity index (χ1) is 28.1. The zero-order chi connectivity index (χ0) is 37.8. The van der Waals surface area contributed by atoms with Crippen LogP contribution in [0.5, 0.6) is 23.0 Å². The average Bonchev–Trinajstić information content (AvgIpc) is 4.03. The Morgan fingerprint density at radius 1 is 0.456 bits per heavy atom. The summed E-state index contributed by atoms with van der Waals surface area (Å²) in [5.41, 5.74) is 7.02. The van der Waals surface area contributed by atoms with Crippen LogP contribution in [0.25, 0.3) is 0 Å². The van der Waals surface area contributed by atoms with E-state index in [9.17, 15) is 0 Å². The van der Waals surface area contributed by atoms with Gasteiger partial charge in [-0.25, -0.2) is 0 Å². The van der Waals surface area contributed by atoms with Gasteiger partial charge < -0.3 is 37.9 Å². The third-order valence-electron chi connectivity index (χ3n) is 13.7. The molecule has 11 rings (SSSR count). The van der Waals surface area contributed by atoms with E-state index in [0.29, 0.717) is 56.0 Å². The first-order valence-corrected chi connectivity index (χ1v) is 21.2. The third-order valence-corrected chi connectivity index (χ3v) is 13.7. The lowest BCUT2D eigenvalue weighted by Crippen LogP contribution is -2.38. The van der Waals surface area contributed by atoms with Gasteiger partial charge in [-0.3, -0.25) is 0 Å². The second-order valence-electron chi connectivity index (χ2n) is 17.3. The normalized spacial score (nSPS) is 33.0. The monoisotopic (exact) mass is 768 g/mol. The largest absolute Gasteiger partial charge is 0.491 e. The number of hydrogen-bond donors (Lipinski definition) is 0. The van der Waals surface area contributed by atoms with Crippen LogP contribution < -0.4 is 18.9 Å². The van der Waals surface area contributed by atoms with Crippen molar-refractivity contribution in [2.75, 3.05) is 52.9 Å². The highest BCUT2D eigenvalue weighted by Gasteiger charge is 2.52. The van der Waals surface area contributed by atoms with E-state index in [1.165, 1.54) is 28.7 Å². The van der Waals surface area contributed by atoms with E-state index in [1.54, 1.807) is 5.57 Å². The molecule has 0 amide bonds. The van der Waals surface area contributed by atoms with Crippen LogP contribution in [-0.2, 0) is 24.4 Å². The molecule has 4 heterocycles. The van der Waals surface area contributed by atoms with Gasteiger partial charge in [0.05, 0.1) is 26.4 Å². The van der Waals surface area contributed by atoms with Crippen LogP contribution in [0.1, 0.15) is 66.2 Å². The van der Waals surface area contributed by atoms with E-state index in [0.717, 1.165) is 75.1 Å². The predicted octanol–water partition coefficient (Wildman–Crippen LogP) is 8.42. The molecule has 2 saturated carbocycles. The summed E-state index contributed by atoms with van der Waals surface area (Å²) in [4.78, 5) is 0. The van der Waals surface area contributed by atoms with Crippen LogP contribution in [0.4, 0.5) is 0 Å². The minimum atomic E-state index is -0.161. The van der Waals surface area contributed by atoms with E-state index in [4.69, 9.17) is 37.9 Å². The van der Waals surface area contributed by atoms with Gasteiger partial charge in [0.25, 0.3) is 0 Å². The summed E-state index contributed by atoms with van der Waals surface area (Å²) in [6, 6.07) is 35.9. The number of fused-ring (bicyclic) bond motifs is 3. The summed E-state index contributed by atoms with van der Waals surface area (Å²) < 4.78 is 45.9. The Bertz CT molecular complexity index is 1970. The van der Waals surface area contributed by atoms with Crippen molar-refractivity contribution in [1.29, 1.82) is 0 Å². The maximum atomic E-state index is 6.10. The summed E-state index contributed by atoms with van der Waals surface area (Å²) in [5, 5.41) is 0. The Labute approximate surface area is 335 Å². The fourth-order valence-corrected chi connectivity index (χ4v) is 10.3. The number of benzene rings is 4. The van der Waals surface area contributed by atoms with Gasteiger partial charge >= 0.3 is 0 Å². The molecule has 7 aliphatic rings. The number of allylic oxidation sites excluding steroid dienone is 2. The lowest BCUT2D eigenvalue weighted by Gasteiger charge is -2.47. The van der Waals surface area contributed by atoms with Crippen molar-refractivity contribution in [3.63, 3.8) is 0 Å². The van der Waals surface area contributed by atoms with Crippen molar-refractivity contribution in [1.82, 2.24) is 0 Å². The highest BCUT2D eigenvalue weighted by Crippen LogP contribution is 2.62. The maximum Gasteiger partial charge on any atom is 0.119 e. The third kappa shape index (κ3) is 7.82. The highest BCUT2D eigenvalue weighted by atomic mass is 16.6. The molecule has 9 unspecified atom stereocenters. The van der Waals surface area contributed by atoms with Crippen LogP contribution in [0.2, 0.25) is 0 Å². The van der Waals surface area contributed by atoms with Crippen molar-refractivity contribution in [3.8, 4) is 23.0 Å². The molecule has 0 N–H and O–H groups in total. The van der Waals surface area contributed by atoms with Crippen molar-refractivity contribution >= 4 is 0 Å². The van der Waals surface area contributed by atoms with Gasteiger partial charge in [0, 0.05) is 5.41 Å². The van der Waals surface area contributed by atoms with Crippen molar-refractivity contribution < 1.29 is 37.9 Å². The lowest BCUT2D eigenvalue weighted by molar-refractivity contribution is 0.157. The molecule has 0 radical (unpaired) electrons. The SMILES string of the molecule is C1=C2CC(c3ccc(OCC4CO4)cc3)(c3ccc(OCC4CO4)cc3)CCC2C2C(c3ccc(OCC4CO4)cc3)CCC(c3ccc(OCC4CO4)cc3)C12. The van der Waals surface area contributed by atoms with E-state index in [2.05, 4.69) is 103 Å². The molecule has 4 saturated heterocycles. The molecule has 3 aliphatic carbocycles. The van der Waals surface area contributed by atoms with Crippen LogP contribution in [0.15, 0.2) is 109 Å². The topological polar surface area (TPSA) is 87.0 Å². The minimum Gasteiger partial charge on any atom is -0.491 e. The van der Waals surface area contributed by atoms with Crippen LogP contribution >= 0.6 is 0 Å². The van der Waals surface area contributed by atoms with Crippen LogP contribution in [0.3, 0.4) is 0 Å². The zero-order valence-corrected chi connectivity index (χ0v) is 32.5. The Morgan fingerprint density at radius 2 is 0.842 bits per heavy atom. The van der Waals surface area contributed by atoms with Gasteiger partial charge in [0.2, 0.25) is 0 Å². The van der Waals surface area contributed by atoms with Gasteiger partial charge in [-0.05, 0) is 132 Å².